The van der Waals surface area contributed by atoms with Crippen LogP contribution in [0.25, 0.3) is 0 Å². The molecule has 5 nitrogen and oxygen atoms in total. The van der Waals surface area contributed by atoms with Crippen molar-refractivity contribution >= 4 is 0 Å². The number of ether oxygens (including phenoxy) is 1. The molecule has 0 unspecified atom stereocenters. The highest BCUT2D eigenvalue weighted by atomic mass is 16.5. The second kappa shape index (κ2) is 5.11. The summed E-state index contributed by atoms with van der Waals surface area (Å²) in [6, 6.07) is 7.58. The molecule has 2 aromatic rings. The molecule has 0 saturated carbocycles. The summed E-state index contributed by atoms with van der Waals surface area (Å²) in [6.45, 7) is 1.36. The van der Waals surface area contributed by atoms with E-state index in [9.17, 15) is 0 Å². The van der Waals surface area contributed by atoms with Crippen LogP contribution in [0.3, 0.4) is 0 Å². The number of pyridine rings is 1. The second-order valence-electron chi connectivity index (χ2n) is 4.59. The minimum absolute atomic E-state index is 0.377. The van der Waals surface area contributed by atoms with Gasteiger partial charge in [-0.2, -0.15) is 5.26 Å². The van der Waals surface area contributed by atoms with Crippen molar-refractivity contribution in [1.82, 2.24) is 14.8 Å². The summed E-state index contributed by atoms with van der Waals surface area (Å²) in [6.07, 6.45) is 5.04. The average Bonchev–Trinajstić information content (AvgIpc) is 2.88. The Hall–Kier alpha value is -2.35. The third-order valence-corrected chi connectivity index (χ3v) is 3.22. The molecule has 3 heterocycles. The largest absolute Gasteiger partial charge is 0.470 e. The molecule has 19 heavy (non-hydrogen) atoms. The highest BCUT2D eigenvalue weighted by Gasteiger charge is 2.12. The summed E-state index contributed by atoms with van der Waals surface area (Å²) >= 11 is 0. The smallest absolute Gasteiger partial charge is 0.233 e. The van der Waals surface area contributed by atoms with Crippen LogP contribution in [0.4, 0.5) is 0 Å². The van der Waals surface area contributed by atoms with Crippen molar-refractivity contribution in [3.63, 3.8) is 0 Å². The van der Waals surface area contributed by atoms with E-state index >= 15 is 0 Å². The Morgan fingerprint density at radius 3 is 3.05 bits per heavy atom. The van der Waals surface area contributed by atoms with Gasteiger partial charge in [0.15, 0.2) is 0 Å². The van der Waals surface area contributed by atoms with Gasteiger partial charge < -0.3 is 4.74 Å². The third-order valence-electron chi connectivity index (χ3n) is 3.22. The maximum atomic E-state index is 8.70. The molecule has 0 bridgehead atoms. The lowest BCUT2D eigenvalue weighted by Gasteiger charge is -2.11. The van der Waals surface area contributed by atoms with Gasteiger partial charge in [-0.05, 0) is 31.4 Å². The lowest BCUT2D eigenvalue weighted by atomic mass is 10.1. The molecule has 0 saturated heterocycles. The van der Waals surface area contributed by atoms with Gasteiger partial charge in [0.25, 0.3) is 0 Å². The van der Waals surface area contributed by atoms with Crippen LogP contribution in [0.1, 0.15) is 29.8 Å². The van der Waals surface area contributed by atoms with E-state index in [4.69, 9.17) is 10.00 Å². The van der Waals surface area contributed by atoms with Gasteiger partial charge >= 0.3 is 0 Å². The average molecular weight is 254 g/mol. The molecule has 3 rings (SSSR count). The number of fused-ring (bicyclic) bond motifs is 1. The summed E-state index contributed by atoms with van der Waals surface area (Å²) in [4.78, 5) is 4.16. The summed E-state index contributed by atoms with van der Waals surface area (Å²) in [5.74, 6) is 0.656. The van der Waals surface area contributed by atoms with Gasteiger partial charge in [-0.3, -0.25) is 9.67 Å². The van der Waals surface area contributed by atoms with E-state index in [0.29, 0.717) is 18.1 Å². The Bertz CT molecular complexity index is 586. The van der Waals surface area contributed by atoms with E-state index in [1.807, 2.05) is 16.8 Å². The zero-order valence-corrected chi connectivity index (χ0v) is 10.5. The fraction of sp³-hybridized carbons (Fsp3) is 0.357. The number of hydrogen-bond donors (Lipinski definition) is 0. The molecule has 5 heteroatoms. The number of aryl methyl sites for hydroxylation is 2. The molecule has 1 aliphatic rings. The van der Waals surface area contributed by atoms with Gasteiger partial charge in [0.05, 0.1) is 11.3 Å². The minimum Gasteiger partial charge on any atom is -0.470 e. The Kier molecular flexibility index (Phi) is 3.15. The summed E-state index contributed by atoms with van der Waals surface area (Å²) < 4.78 is 7.66. The highest BCUT2D eigenvalue weighted by molar-refractivity contribution is 5.26. The Morgan fingerprint density at radius 2 is 2.32 bits per heavy atom. The van der Waals surface area contributed by atoms with Gasteiger partial charge in [-0.1, -0.05) is 0 Å². The monoisotopic (exact) mass is 254 g/mol. The van der Waals surface area contributed by atoms with Gasteiger partial charge in [0.2, 0.25) is 5.88 Å². The van der Waals surface area contributed by atoms with Crippen LogP contribution in [0.2, 0.25) is 0 Å². The van der Waals surface area contributed by atoms with Crippen LogP contribution in [0.5, 0.6) is 5.88 Å². The van der Waals surface area contributed by atoms with Crippen LogP contribution >= 0.6 is 0 Å². The van der Waals surface area contributed by atoms with E-state index in [1.54, 1.807) is 18.3 Å². The lowest BCUT2D eigenvalue weighted by molar-refractivity contribution is 0.284. The van der Waals surface area contributed by atoms with E-state index in [-0.39, 0.29) is 0 Å². The number of hydrogen-bond acceptors (Lipinski definition) is 4. The summed E-state index contributed by atoms with van der Waals surface area (Å²) in [5.41, 5.74) is 2.60. The number of nitriles is 1. The predicted molar refractivity (Wildman–Crippen MR) is 68.4 cm³/mol. The molecule has 0 aliphatic carbocycles. The van der Waals surface area contributed by atoms with E-state index in [1.165, 1.54) is 18.5 Å². The zero-order valence-electron chi connectivity index (χ0n) is 10.5. The standard InChI is InChI=1S/C14H14N4O/c15-8-11-4-5-12(16-9-11)10-19-14-7-13-3-1-2-6-18(13)17-14/h4-5,7,9H,1-3,6,10H2. The first-order valence-corrected chi connectivity index (χ1v) is 6.40. The number of rotatable bonds is 3. The van der Waals surface area contributed by atoms with E-state index < -0.39 is 0 Å². The zero-order chi connectivity index (χ0) is 13.1. The van der Waals surface area contributed by atoms with Crippen LogP contribution in [0.15, 0.2) is 24.4 Å². The Morgan fingerprint density at radius 1 is 1.37 bits per heavy atom. The van der Waals surface area contributed by atoms with Crippen LogP contribution < -0.4 is 4.74 Å². The first kappa shape index (κ1) is 11.7. The Balaban J connectivity index is 1.65. The second-order valence-corrected chi connectivity index (χ2v) is 4.59. The lowest BCUT2D eigenvalue weighted by Crippen LogP contribution is -2.10. The molecule has 96 valence electrons. The fourth-order valence-corrected chi connectivity index (χ4v) is 2.19. The van der Waals surface area contributed by atoms with Crippen LogP contribution in [0, 0.1) is 11.3 Å². The molecular formula is C14H14N4O. The molecule has 0 radical (unpaired) electrons. The topological polar surface area (TPSA) is 63.7 Å². The van der Waals surface area contributed by atoms with Crippen molar-refractivity contribution in [3.05, 3.63) is 41.3 Å². The van der Waals surface area contributed by atoms with Crippen molar-refractivity contribution in [3.8, 4) is 11.9 Å². The summed E-state index contributed by atoms with van der Waals surface area (Å²) in [7, 11) is 0. The van der Waals surface area contributed by atoms with Crippen molar-refractivity contribution in [2.24, 2.45) is 0 Å². The third kappa shape index (κ3) is 2.58. The van der Waals surface area contributed by atoms with Crippen LogP contribution in [-0.2, 0) is 19.6 Å². The van der Waals surface area contributed by atoms with Gasteiger partial charge in [-0.15, -0.1) is 5.10 Å². The van der Waals surface area contributed by atoms with Gasteiger partial charge in [0.1, 0.15) is 12.7 Å². The predicted octanol–water partition coefficient (Wildman–Crippen LogP) is 2.07. The molecule has 0 fully saturated rings. The SMILES string of the molecule is N#Cc1ccc(COc2cc3n(n2)CCCC3)nc1. The van der Waals surface area contributed by atoms with Crippen molar-refractivity contribution in [1.29, 1.82) is 5.26 Å². The first-order chi connectivity index (χ1) is 9.35. The molecule has 0 atom stereocenters. The quantitative estimate of drug-likeness (QED) is 0.841. The molecule has 1 aliphatic heterocycles. The maximum absolute atomic E-state index is 8.70. The normalized spacial score (nSPS) is 13.6. The van der Waals surface area contributed by atoms with E-state index in [0.717, 1.165) is 18.7 Å². The first-order valence-electron chi connectivity index (χ1n) is 6.40. The van der Waals surface area contributed by atoms with Crippen molar-refractivity contribution in [2.75, 3.05) is 0 Å². The molecular weight excluding hydrogens is 240 g/mol. The Labute approximate surface area is 111 Å². The van der Waals surface area contributed by atoms with Gasteiger partial charge in [-0.25, -0.2) is 0 Å². The molecule has 0 aromatic carbocycles. The van der Waals surface area contributed by atoms with Crippen LogP contribution in [-0.4, -0.2) is 14.8 Å². The molecule has 0 amide bonds. The van der Waals surface area contributed by atoms with Gasteiger partial charge in [0, 0.05) is 24.5 Å². The highest BCUT2D eigenvalue weighted by Crippen LogP contribution is 2.19. The van der Waals surface area contributed by atoms with Crippen molar-refractivity contribution < 1.29 is 4.74 Å². The van der Waals surface area contributed by atoms with Crippen molar-refractivity contribution in [2.45, 2.75) is 32.4 Å². The fourth-order valence-electron chi connectivity index (χ4n) is 2.19. The maximum Gasteiger partial charge on any atom is 0.233 e. The van der Waals surface area contributed by atoms with E-state index in [2.05, 4.69) is 10.1 Å². The number of nitrogens with zero attached hydrogens (tertiary/aromatic N) is 4. The molecule has 2 aromatic heterocycles. The summed E-state index contributed by atoms with van der Waals surface area (Å²) in [5, 5.41) is 13.1. The minimum atomic E-state index is 0.377. The molecule has 0 N–H and O–H groups in total. The number of aromatic nitrogens is 3. The molecule has 0 spiro atoms.